The minimum atomic E-state index is 0.670. The van der Waals surface area contributed by atoms with E-state index in [0.29, 0.717) is 6.54 Å². The third-order valence-corrected chi connectivity index (χ3v) is 2.30. The summed E-state index contributed by atoms with van der Waals surface area (Å²) in [4.78, 5) is 0. The first-order chi connectivity index (χ1) is 6.33. The lowest BCUT2D eigenvalue weighted by Crippen LogP contribution is -2.02. The summed E-state index contributed by atoms with van der Waals surface area (Å²) in [6.07, 6.45) is 2.70. The van der Waals surface area contributed by atoms with Crippen molar-refractivity contribution in [2.24, 2.45) is 5.73 Å². The van der Waals surface area contributed by atoms with Crippen LogP contribution in [0, 0.1) is 6.92 Å². The van der Waals surface area contributed by atoms with E-state index in [1.165, 1.54) is 16.5 Å². The molecular formula is C11H13NO. The van der Waals surface area contributed by atoms with E-state index >= 15 is 0 Å². The summed E-state index contributed by atoms with van der Waals surface area (Å²) < 4.78 is 5.43. The molecule has 68 valence electrons. The normalized spacial score (nSPS) is 10.9. The second-order valence-electron chi connectivity index (χ2n) is 3.25. The Morgan fingerprint density at radius 3 is 3.00 bits per heavy atom. The van der Waals surface area contributed by atoms with Crippen molar-refractivity contribution in [1.29, 1.82) is 0 Å². The van der Waals surface area contributed by atoms with Crippen LogP contribution in [0.15, 0.2) is 28.9 Å². The van der Waals surface area contributed by atoms with Crippen LogP contribution in [0.3, 0.4) is 0 Å². The molecule has 2 aromatic rings. The zero-order valence-electron chi connectivity index (χ0n) is 7.71. The van der Waals surface area contributed by atoms with E-state index in [4.69, 9.17) is 10.2 Å². The Morgan fingerprint density at radius 2 is 2.23 bits per heavy atom. The summed E-state index contributed by atoms with van der Waals surface area (Å²) >= 11 is 0. The van der Waals surface area contributed by atoms with E-state index in [1.807, 2.05) is 18.4 Å². The molecule has 0 bridgehead atoms. The largest absolute Gasteiger partial charge is 0.464 e. The number of nitrogens with two attached hydrogens (primary N) is 1. The minimum Gasteiger partial charge on any atom is -0.464 e. The van der Waals surface area contributed by atoms with Crippen LogP contribution in [0.4, 0.5) is 0 Å². The Morgan fingerprint density at radius 1 is 1.38 bits per heavy atom. The van der Waals surface area contributed by atoms with Gasteiger partial charge in [0.2, 0.25) is 0 Å². The summed E-state index contributed by atoms with van der Waals surface area (Å²) in [5, 5.41) is 1.23. The number of benzene rings is 1. The number of hydrogen-bond donors (Lipinski definition) is 1. The summed E-state index contributed by atoms with van der Waals surface area (Å²) in [5.41, 5.74) is 8.96. The van der Waals surface area contributed by atoms with Gasteiger partial charge in [0, 0.05) is 5.39 Å². The molecule has 0 radical (unpaired) electrons. The molecule has 0 aliphatic heterocycles. The van der Waals surface area contributed by atoms with Gasteiger partial charge in [-0.3, -0.25) is 0 Å². The van der Waals surface area contributed by atoms with Crippen molar-refractivity contribution in [2.45, 2.75) is 13.3 Å². The van der Waals surface area contributed by atoms with Gasteiger partial charge in [-0.15, -0.1) is 0 Å². The highest BCUT2D eigenvalue weighted by atomic mass is 16.3. The van der Waals surface area contributed by atoms with Crippen molar-refractivity contribution >= 4 is 11.0 Å². The Balaban J connectivity index is 2.64. The van der Waals surface area contributed by atoms with Gasteiger partial charge in [0.1, 0.15) is 5.58 Å². The van der Waals surface area contributed by atoms with Crippen LogP contribution in [0.25, 0.3) is 11.0 Å². The monoisotopic (exact) mass is 175 g/mol. The zero-order valence-corrected chi connectivity index (χ0v) is 7.71. The Kier molecular flexibility index (Phi) is 2.07. The standard InChI is InChI=1S/C11H13NO/c1-8-3-2-4-10-11(8)9(5-6-12)7-13-10/h2-4,7H,5-6,12H2,1H3. The number of furan rings is 1. The van der Waals surface area contributed by atoms with Gasteiger partial charge in [-0.25, -0.2) is 0 Å². The fourth-order valence-corrected chi connectivity index (χ4v) is 1.68. The smallest absolute Gasteiger partial charge is 0.134 e. The molecule has 0 atom stereocenters. The van der Waals surface area contributed by atoms with Gasteiger partial charge in [-0.2, -0.15) is 0 Å². The molecule has 0 amide bonds. The molecule has 13 heavy (non-hydrogen) atoms. The van der Waals surface area contributed by atoms with Crippen molar-refractivity contribution in [3.05, 3.63) is 35.6 Å². The third-order valence-electron chi connectivity index (χ3n) is 2.30. The molecule has 0 aliphatic rings. The topological polar surface area (TPSA) is 39.2 Å². The highest BCUT2D eigenvalue weighted by Gasteiger charge is 2.06. The highest BCUT2D eigenvalue weighted by Crippen LogP contribution is 2.24. The van der Waals surface area contributed by atoms with Crippen LogP contribution in [-0.2, 0) is 6.42 Å². The lowest BCUT2D eigenvalue weighted by atomic mass is 10.1. The molecule has 2 heteroatoms. The van der Waals surface area contributed by atoms with Gasteiger partial charge in [0.25, 0.3) is 0 Å². The first kappa shape index (κ1) is 8.32. The molecule has 0 spiro atoms. The number of hydrogen-bond acceptors (Lipinski definition) is 2. The molecular weight excluding hydrogens is 162 g/mol. The maximum absolute atomic E-state index is 5.52. The Bertz CT molecular complexity index is 417. The van der Waals surface area contributed by atoms with Crippen LogP contribution in [0.5, 0.6) is 0 Å². The first-order valence-corrected chi connectivity index (χ1v) is 4.48. The van der Waals surface area contributed by atoms with E-state index in [9.17, 15) is 0 Å². The summed E-state index contributed by atoms with van der Waals surface area (Å²) in [6.45, 7) is 2.76. The van der Waals surface area contributed by atoms with E-state index in [2.05, 4.69) is 13.0 Å². The summed E-state index contributed by atoms with van der Waals surface area (Å²) in [6, 6.07) is 6.09. The Hall–Kier alpha value is -1.28. The minimum absolute atomic E-state index is 0.670. The van der Waals surface area contributed by atoms with Gasteiger partial charge in [-0.05, 0) is 37.1 Å². The van der Waals surface area contributed by atoms with Gasteiger partial charge in [0.15, 0.2) is 0 Å². The molecule has 0 saturated heterocycles. The summed E-state index contributed by atoms with van der Waals surface area (Å²) in [5.74, 6) is 0. The fraction of sp³-hybridized carbons (Fsp3) is 0.273. The van der Waals surface area contributed by atoms with Crippen molar-refractivity contribution in [2.75, 3.05) is 6.54 Å². The van der Waals surface area contributed by atoms with Crippen LogP contribution in [0.1, 0.15) is 11.1 Å². The maximum Gasteiger partial charge on any atom is 0.134 e. The zero-order chi connectivity index (χ0) is 9.26. The van der Waals surface area contributed by atoms with Crippen LogP contribution < -0.4 is 5.73 Å². The SMILES string of the molecule is Cc1cccc2occ(CCN)c12. The second-order valence-corrected chi connectivity index (χ2v) is 3.25. The maximum atomic E-state index is 5.52. The molecule has 2 N–H and O–H groups in total. The Labute approximate surface area is 77.3 Å². The average molecular weight is 175 g/mol. The van der Waals surface area contributed by atoms with Crippen LogP contribution in [0.2, 0.25) is 0 Å². The van der Waals surface area contributed by atoms with Gasteiger partial charge in [-0.1, -0.05) is 12.1 Å². The lowest BCUT2D eigenvalue weighted by molar-refractivity contribution is 0.610. The average Bonchev–Trinajstić information content (AvgIpc) is 2.51. The predicted molar refractivity (Wildman–Crippen MR) is 53.7 cm³/mol. The number of rotatable bonds is 2. The van der Waals surface area contributed by atoms with E-state index < -0.39 is 0 Å². The second kappa shape index (κ2) is 3.23. The van der Waals surface area contributed by atoms with Crippen molar-refractivity contribution in [1.82, 2.24) is 0 Å². The number of aryl methyl sites for hydroxylation is 1. The predicted octanol–water partition coefficient (Wildman–Crippen LogP) is 2.24. The van der Waals surface area contributed by atoms with Crippen molar-refractivity contribution < 1.29 is 4.42 Å². The van der Waals surface area contributed by atoms with Gasteiger partial charge in [0.05, 0.1) is 6.26 Å². The van der Waals surface area contributed by atoms with Crippen LogP contribution in [-0.4, -0.2) is 6.54 Å². The molecule has 0 saturated carbocycles. The molecule has 0 unspecified atom stereocenters. The first-order valence-electron chi connectivity index (χ1n) is 4.48. The van der Waals surface area contributed by atoms with Crippen molar-refractivity contribution in [3.8, 4) is 0 Å². The van der Waals surface area contributed by atoms with E-state index in [0.717, 1.165) is 12.0 Å². The number of fused-ring (bicyclic) bond motifs is 1. The third kappa shape index (κ3) is 1.33. The molecule has 2 nitrogen and oxygen atoms in total. The summed E-state index contributed by atoms with van der Waals surface area (Å²) in [7, 11) is 0. The molecule has 1 heterocycles. The molecule has 1 aromatic carbocycles. The molecule has 0 aliphatic carbocycles. The lowest BCUT2D eigenvalue weighted by Gasteiger charge is -1.97. The van der Waals surface area contributed by atoms with Gasteiger partial charge >= 0.3 is 0 Å². The molecule has 1 aromatic heterocycles. The van der Waals surface area contributed by atoms with Crippen molar-refractivity contribution in [3.63, 3.8) is 0 Å². The van der Waals surface area contributed by atoms with Crippen LogP contribution >= 0.6 is 0 Å². The quantitative estimate of drug-likeness (QED) is 0.760. The molecule has 0 fully saturated rings. The molecule has 2 rings (SSSR count). The van der Waals surface area contributed by atoms with E-state index in [1.54, 1.807) is 0 Å². The van der Waals surface area contributed by atoms with E-state index in [-0.39, 0.29) is 0 Å². The highest BCUT2D eigenvalue weighted by molar-refractivity contribution is 5.84. The fourth-order valence-electron chi connectivity index (χ4n) is 1.68. The van der Waals surface area contributed by atoms with Gasteiger partial charge < -0.3 is 10.2 Å².